The zero-order chi connectivity index (χ0) is 7.57. The monoisotopic (exact) mass is 151 g/mol. The number of nitrogens with zero attached hydrogens (tertiary/aromatic N) is 1. The maximum Gasteiger partial charge on any atom is 0.0236 e. The predicted octanol–water partition coefficient (Wildman–Crippen LogP) is 0.530. The van der Waals surface area contributed by atoms with E-state index < -0.39 is 0 Å². The Labute approximate surface area is 68.1 Å². The summed E-state index contributed by atoms with van der Waals surface area (Å²) in [5.41, 5.74) is 0.399. The van der Waals surface area contributed by atoms with Gasteiger partial charge >= 0.3 is 0 Å². The van der Waals surface area contributed by atoms with Gasteiger partial charge in [-0.2, -0.15) is 0 Å². The van der Waals surface area contributed by atoms with Gasteiger partial charge in [-0.25, -0.2) is 5.32 Å². The number of hydrogen-bond acceptors (Lipinski definition) is 1. The first-order valence-electron chi connectivity index (χ1n) is 4.43. The first-order valence-corrected chi connectivity index (χ1v) is 4.43. The van der Waals surface area contributed by atoms with E-state index in [2.05, 4.69) is 22.8 Å². The molecule has 2 aliphatic heterocycles. The summed E-state index contributed by atoms with van der Waals surface area (Å²) in [4.78, 5) is 0. The lowest BCUT2D eigenvalue weighted by Crippen LogP contribution is -2.44. The van der Waals surface area contributed by atoms with Crippen molar-refractivity contribution in [2.24, 2.45) is 5.41 Å². The lowest BCUT2D eigenvalue weighted by molar-refractivity contribution is 0.257. The minimum Gasteiger partial charge on any atom is -0.312 e. The van der Waals surface area contributed by atoms with E-state index in [-0.39, 0.29) is 0 Å². The molecule has 1 saturated heterocycles. The van der Waals surface area contributed by atoms with Crippen LogP contribution in [0.2, 0.25) is 0 Å². The summed E-state index contributed by atoms with van der Waals surface area (Å²) < 4.78 is 0. The highest BCUT2D eigenvalue weighted by Crippen LogP contribution is 2.28. The van der Waals surface area contributed by atoms with Gasteiger partial charge in [-0.15, -0.1) is 0 Å². The van der Waals surface area contributed by atoms with E-state index in [4.69, 9.17) is 0 Å². The molecule has 0 aromatic rings. The van der Waals surface area contributed by atoms with Crippen molar-refractivity contribution >= 4 is 0 Å². The Morgan fingerprint density at radius 1 is 1.45 bits per heavy atom. The largest absolute Gasteiger partial charge is 0.312 e. The fourth-order valence-corrected chi connectivity index (χ4v) is 1.98. The van der Waals surface area contributed by atoms with E-state index in [1.807, 2.05) is 0 Å². The molecule has 1 fully saturated rings. The molecular formula is C9H15N2. The Morgan fingerprint density at radius 3 is 3.09 bits per heavy atom. The van der Waals surface area contributed by atoms with Crippen molar-refractivity contribution in [1.29, 1.82) is 0 Å². The highest BCUT2D eigenvalue weighted by molar-refractivity contribution is 5.07. The van der Waals surface area contributed by atoms with Crippen molar-refractivity contribution in [2.45, 2.75) is 12.8 Å². The van der Waals surface area contributed by atoms with Crippen molar-refractivity contribution in [3.05, 3.63) is 12.2 Å². The van der Waals surface area contributed by atoms with Crippen LogP contribution in [0.15, 0.2) is 12.2 Å². The van der Waals surface area contributed by atoms with Crippen LogP contribution in [0.4, 0.5) is 0 Å². The van der Waals surface area contributed by atoms with Gasteiger partial charge in [0.2, 0.25) is 0 Å². The topological polar surface area (TPSA) is 26.1 Å². The fraction of sp³-hybridized carbons (Fsp3) is 0.778. The van der Waals surface area contributed by atoms with Gasteiger partial charge in [0.1, 0.15) is 0 Å². The minimum atomic E-state index is 0.399. The van der Waals surface area contributed by atoms with Crippen molar-refractivity contribution < 1.29 is 0 Å². The molecule has 0 saturated carbocycles. The molecule has 2 rings (SSSR count). The van der Waals surface area contributed by atoms with Crippen LogP contribution in [0, 0.1) is 5.41 Å². The maximum atomic E-state index is 4.46. The fourth-order valence-electron chi connectivity index (χ4n) is 1.98. The van der Waals surface area contributed by atoms with Gasteiger partial charge < -0.3 is 5.32 Å². The number of piperidine rings is 1. The van der Waals surface area contributed by atoms with Crippen LogP contribution in [0.1, 0.15) is 12.8 Å². The quantitative estimate of drug-likeness (QED) is 0.502. The molecule has 1 N–H and O–H groups in total. The van der Waals surface area contributed by atoms with Crippen molar-refractivity contribution in [3.8, 4) is 0 Å². The van der Waals surface area contributed by atoms with Crippen molar-refractivity contribution in [3.63, 3.8) is 0 Å². The molecule has 61 valence electrons. The first kappa shape index (κ1) is 7.32. The zero-order valence-electron chi connectivity index (χ0n) is 6.84. The smallest absolute Gasteiger partial charge is 0.0236 e. The lowest BCUT2D eigenvalue weighted by Gasteiger charge is -2.36. The van der Waals surface area contributed by atoms with E-state index >= 15 is 0 Å². The highest BCUT2D eigenvalue weighted by Gasteiger charge is 2.30. The second kappa shape index (κ2) is 2.95. The summed E-state index contributed by atoms with van der Waals surface area (Å²) in [7, 11) is 0. The Bertz CT molecular complexity index is 157. The van der Waals surface area contributed by atoms with E-state index in [1.54, 1.807) is 0 Å². The number of rotatable bonds is 0. The van der Waals surface area contributed by atoms with Gasteiger partial charge in [-0.3, -0.25) is 0 Å². The summed E-state index contributed by atoms with van der Waals surface area (Å²) in [5, 5.41) is 7.86. The minimum absolute atomic E-state index is 0.399. The second-order valence-corrected chi connectivity index (χ2v) is 3.60. The summed E-state index contributed by atoms with van der Waals surface area (Å²) in [6.45, 7) is 4.29. The van der Waals surface area contributed by atoms with Gasteiger partial charge in [0.05, 0.1) is 0 Å². The van der Waals surface area contributed by atoms with Gasteiger partial charge in [0, 0.05) is 31.6 Å². The Balaban J connectivity index is 2.06. The Kier molecular flexibility index (Phi) is 1.96. The summed E-state index contributed by atoms with van der Waals surface area (Å²) in [5.74, 6) is 0. The number of hydrogen-bond donors (Lipinski definition) is 1. The molecule has 2 nitrogen and oxygen atoms in total. The van der Waals surface area contributed by atoms with Crippen LogP contribution >= 0.6 is 0 Å². The molecule has 2 heterocycles. The standard InChI is InChI=1S/C9H15N2/c1-3-9(7-10-5-1)4-2-6-11-8-9/h1,3,10H,2,4-8H2. The van der Waals surface area contributed by atoms with Crippen LogP contribution in [-0.4, -0.2) is 26.2 Å². The Morgan fingerprint density at radius 2 is 2.45 bits per heavy atom. The van der Waals surface area contributed by atoms with Crippen LogP contribution in [0.3, 0.4) is 0 Å². The number of nitrogens with one attached hydrogen (secondary N) is 1. The third-order valence-corrected chi connectivity index (χ3v) is 2.63. The molecular weight excluding hydrogens is 136 g/mol. The van der Waals surface area contributed by atoms with Crippen LogP contribution in [0.25, 0.3) is 0 Å². The van der Waals surface area contributed by atoms with Crippen LogP contribution in [0.5, 0.6) is 0 Å². The predicted molar refractivity (Wildman–Crippen MR) is 45.5 cm³/mol. The molecule has 0 aromatic heterocycles. The summed E-state index contributed by atoms with van der Waals surface area (Å²) in [6.07, 6.45) is 7.20. The van der Waals surface area contributed by atoms with Crippen molar-refractivity contribution in [2.75, 3.05) is 26.2 Å². The molecule has 0 aromatic carbocycles. The highest BCUT2D eigenvalue weighted by atomic mass is 14.9. The van der Waals surface area contributed by atoms with Gasteiger partial charge in [0.25, 0.3) is 0 Å². The molecule has 1 unspecified atom stereocenters. The maximum absolute atomic E-state index is 4.46. The van der Waals surface area contributed by atoms with E-state index in [0.29, 0.717) is 5.41 Å². The van der Waals surface area contributed by atoms with E-state index in [0.717, 1.165) is 26.2 Å². The summed E-state index contributed by atoms with van der Waals surface area (Å²) >= 11 is 0. The normalized spacial score (nSPS) is 37.8. The third-order valence-electron chi connectivity index (χ3n) is 2.63. The molecule has 1 spiro atoms. The molecule has 11 heavy (non-hydrogen) atoms. The van der Waals surface area contributed by atoms with Gasteiger partial charge in [-0.05, 0) is 12.8 Å². The van der Waals surface area contributed by atoms with E-state index in [1.165, 1.54) is 12.8 Å². The van der Waals surface area contributed by atoms with Gasteiger partial charge in [0.15, 0.2) is 0 Å². The van der Waals surface area contributed by atoms with Crippen LogP contribution in [-0.2, 0) is 0 Å². The average molecular weight is 151 g/mol. The molecule has 0 bridgehead atoms. The SMILES string of the molecule is C1=CC2(CCC[N]C2)CNC1. The van der Waals surface area contributed by atoms with Crippen molar-refractivity contribution in [1.82, 2.24) is 10.6 Å². The Hall–Kier alpha value is -0.340. The third kappa shape index (κ3) is 1.47. The second-order valence-electron chi connectivity index (χ2n) is 3.60. The first-order chi connectivity index (χ1) is 5.41. The molecule has 1 radical (unpaired) electrons. The zero-order valence-corrected chi connectivity index (χ0v) is 6.84. The van der Waals surface area contributed by atoms with Crippen LogP contribution < -0.4 is 10.6 Å². The summed E-state index contributed by atoms with van der Waals surface area (Å²) in [6, 6.07) is 0. The molecule has 1 atom stereocenters. The molecule has 2 aliphatic rings. The van der Waals surface area contributed by atoms with E-state index in [9.17, 15) is 0 Å². The van der Waals surface area contributed by atoms with Gasteiger partial charge in [-0.1, -0.05) is 12.2 Å². The lowest BCUT2D eigenvalue weighted by atomic mass is 9.79. The average Bonchev–Trinajstić information content (AvgIpc) is 2.07. The molecule has 2 heteroatoms. The molecule has 0 aliphatic carbocycles. The molecule has 0 amide bonds.